The van der Waals surface area contributed by atoms with Crippen LogP contribution in [0.25, 0.3) is 0 Å². The summed E-state index contributed by atoms with van der Waals surface area (Å²) in [5, 5.41) is 12.1. The molecule has 1 amide bonds. The number of rotatable bonds is 2. The lowest BCUT2D eigenvalue weighted by molar-refractivity contribution is -0.121. The molecule has 1 aliphatic carbocycles. The minimum atomic E-state index is -0.223. The van der Waals surface area contributed by atoms with Crippen molar-refractivity contribution in [2.24, 2.45) is 5.92 Å². The first-order valence-corrected chi connectivity index (χ1v) is 5.65. The second-order valence-electron chi connectivity index (χ2n) is 4.21. The average Bonchev–Trinajstić information content (AvgIpc) is 2.31. The van der Waals surface area contributed by atoms with Crippen LogP contribution in [0.2, 0.25) is 0 Å². The predicted molar refractivity (Wildman–Crippen MR) is 60.8 cm³/mol. The van der Waals surface area contributed by atoms with Crippen molar-refractivity contribution in [2.75, 3.05) is 5.32 Å². The van der Waals surface area contributed by atoms with Gasteiger partial charge in [-0.2, -0.15) is 0 Å². The molecule has 16 heavy (non-hydrogen) atoms. The van der Waals surface area contributed by atoms with E-state index in [1.54, 1.807) is 12.3 Å². The van der Waals surface area contributed by atoms with Gasteiger partial charge in [-0.3, -0.25) is 4.79 Å². The quantitative estimate of drug-likeness (QED) is 0.795. The van der Waals surface area contributed by atoms with Crippen molar-refractivity contribution >= 4 is 11.7 Å². The van der Waals surface area contributed by atoms with Gasteiger partial charge in [0.1, 0.15) is 5.82 Å². The number of hydrogen-bond acceptors (Lipinski definition) is 3. The molecule has 0 bridgehead atoms. The Kier molecular flexibility index (Phi) is 3.51. The Morgan fingerprint density at radius 1 is 1.31 bits per heavy atom. The van der Waals surface area contributed by atoms with Gasteiger partial charge in [-0.25, -0.2) is 4.98 Å². The lowest BCUT2D eigenvalue weighted by Crippen LogP contribution is -2.28. The van der Waals surface area contributed by atoms with Crippen LogP contribution in [0.15, 0.2) is 24.4 Å². The van der Waals surface area contributed by atoms with E-state index in [-0.39, 0.29) is 17.9 Å². The number of aliphatic hydroxyl groups excluding tert-OH is 1. The topological polar surface area (TPSA) is 62.2 Å². The minimum absolute atomic E-state index is 0.0189. The molecule has 2 N–H and O–H groups in total. The van der Waals surface area contributed by atoms with Crippen LogP contribution >= 0.6 is 0 Å². The van der Waals surface area contributed by atoms with E-state index in [0.29, 0.717) is 5.82 Å². The Morgan fingerprint density at radius 3 is 2.69 bits per heavy atom. The second kappa shape index (κ2) is 5.07. The van der Waals surface area contributed by atoms with Gasteiger partial charge in [0.2, 0.25) is 5.91 Å². The number of anilines is 1. The smallest absolute Gasteiger partial charge is 0.228 e. The molecule has 1 saturated carbocycles. The molecule has 0 atom stereocenters. The number of aliphatic hydroxyl groups is 1. The summed E-state index contributed by atoms with van der Waals surface area (Å²) in [6.07, 6.45) is 4.40. The van der Waals surface area contributed by atoms with Crippen molar-refractivity contribution in [3.8, 4) is 0 Å². The van der Waals surface area contributed by atoms with Crippen LogP contribution in [0.1, 0.15) is 25.7 Å². The Balaban J connectivity index is 1.89. The molecule has 4 nitrogen and oxygen atoms in total. The molecule has 2 rings (SSSR count). The highest BCUT2D eigenvalue weighted by molar-refractivity contribution is 5.91. The van der Waals surface area contributed by atoms with Gasteiger partial charge in [-0.05, 0) is 37.8 Å². The van der Waals surface area contributed by atoms with Gasteiger partial charge < -0.3 is 10.4 Å². The fourth-order valence-electron chi connectivity index (χ4n) is 2.00. The number of amides is 1. The van der Waals surface area contributed by atoms with Crippen molar-refractivity contribution in [3.63, 3.8) is 0 Å². The number of pyridine rings is 1. The Bertz CT molecular complexity index is 345. The van der Waals surface area contributed by atoms with Gasteiger partial charge in [0.15, 0.2) is 0 Å². The van der Waals surface area contributed by atoms with Gasteiger partial charge in [-0.15, -0.1) is 0 Å². The van der Waals surface area contributed by atoms with E-state index < -0.39 is 0 Å². The standard InChI is InChI=1S/C12H16N2O2/c15-10-6-4-9(5-7-10)12(16)14-11-3-1-2-8-13-11/h1-3,8-10,15H,4-7H2,(H,13,14,16). The lowest BCUT2D eigenvalue weighted by atomic mass is 9.87. The zero-order chi connectivity index (χ0) is 11.4. The third-order valence-corrected chi connectivity index (χ3v) is 2.98. The third kappa shape index (κ3) is 2.79. The van der Waals surface area contributed by atoms with Gasteiger partial charge in [0, 0.05) is 12.1 Å². The van der Waals surface area contributed by atoms with Crippen LogP contribution < -0.4 is 5.32 Å². The van der Waals surface area contributed by atoms with Gasteiger partial charge in [0.05, 0.1) is 6.10 Å². The number of nitrogens with one attached hydrogen (secondary N) is 1. The van der Waals surface area contributed by atoms with Crippen molar-refractivity contribution in [1.29, 1.82) is 0 Å². The third-order valence-electron chi connectivity index (χ3n) is 2.98. The highest BCUT2D eigenvalue weighted by Crippen LogP contribution is 2.25. The van der Waals surface area contributed by atoms with Crippen LogP contribution in [0.3, 0.4) is 0 Å². The van der Waals surface area contributed by atoms with Gasteiger partial charge in [0.25, 0.3) is 0 Å². The highest BCUT2D eigenvalue weighted by Gasteiger charge is 2.25. The molecule has 0 aromatic carbocycles. The SMILES string of the molecule is O=C(Nc1ccccn1)C1CCC(O)CC1. The molecule has 0 saturated heterocycles. The molecular weight excluding hydrogens is 204 g/mol. The van der Waals surface area contributed by atoms with E-state index in [0.717, 1.165) is 25.7 Å². The van der Waals surface area contributed by atoms with Crippen molar-refractivity contribution < 1.29 is 9.90 Å². The summed E-state index contributed by atoms with van der Waals surface area (Å²) in [6.45, 7) is 0. The molecule has 0 aliphatic heterocycles. The first-order chi connectivity index (χ1) is 7.75. The molecule has 1 aromatic rings. The maximum Gasteiger partial charge on any atom is 0.228 e. The number of hydrogen-bond donors (Lipinski definition) is 2. The molecule has 1 aliphatic rings. The van der Waals surface area contributed by atoms with E-state index in [2.05, 4.69) is 10.3 Å². The maximum atomic E-state index is 11.8. The zero-order valence-corrected chi connectivity index (χ0v) is 9.10. The Hall–Kier alpha value is -1.42. The van der Waals surface area contributed by atoms with Gasteiger partial charge >= 0.3 is 0 Å². The first kappa shape index (κ1) is 11.1. The van der Waals surface area contributed by atoms with E-state index in [1.807, 2.05) is 12.1 Å². The van der Waals surface area contributed by atoms with E-state index >= 15 is 0 Å². The molecule has 4 heteroatoms. The average molecular weight is 220 g/mol. The summed E-state index contributed by atoms with van der Waals surface area (Å²) >= 11 is 0. The van der Waals surface area contributed by atoms with Crippen molar-refractivity contribution in [1.82, 2.24) is 4.98 Å². The van der Waals surface area contributed by atoms with Gasteiger partial charge in [-0.1, -0.05) is 6.07 Å². The van der Waals surface area contributed by atoms with Crippen LogP contribution in [0, 0.1) is 5.92 Å². The first-order valence-electron chi connectivity index (χ1n) is 5.65. The van der Waals surface area contributed by atoms with Crippen molar-refractivity contribution in [3.05, 3.63) is 24.4 Å². The van der Waals surface area contributed by atoms with Crippen LogP contribution in [0.4, 0.5) is 5.82 Å². The number of nitrogens with zero attached hydrogens (tertiary/aromatic N) is 1. The number of aromatic nitrogens is 1. The minimum Gasteiger partial charge on any atom is -0.393 e. The van der Waals surface area contributed by atoms with E-state index in [4.69, 9.17) is 0 Å². The molecule has 1 heterocycles. The van der Waals surface area contributed by atoms with E-state index in [1.165, 1.54) is 0 Å². The van der Waals surface area contributed by atoms with E-state index in [9.17, 15) is 9.90 Å². The summed E-state index contributed by atoms with van der Waals surface area (Å²) in [5.41, 5.74) is 0. The molecule has 0 radical (unpaired) electrons. The lowest BCUT2D eigenvalue weighted by Gasteiger charge is -2.24. The Morgan fingerprint density at radius 2 is 2.06 bits per heavy atom. The predicted octanol–water partition coefficient (Wildman–Crippen LogP) is 1.57. The van der Waals surface area contributed by atoms with Crippen molar-refractivity contribution in [2.45, 2.75) is 31.8 Å². The fourth-order valence-corrected chi connectivity index (χ4v) is 2.00. The molecule has 86 valence electrons. The van der Waals surface area contributed by atoms with Crippen LogP contribution in [0.5, 0.6) is 0 Å². The Labute approximate surface area is 94.7 Å². The molecular formula is C12H16N2O2. The number of carbonyl (C=O) groups excluding carboxylic acids is 1. The second-order valence-corrected chi connectivity index (χ2v) is 4.21. The summed E-state index contributed by atoms with van der Waals surface area (Å²) in [7, 11) is 0. The summed E-state index contributed by atoms with van der Waals surface area (Å²) in [5.74, 6) is 0.634. The normalized spacial score (nSPS) is 25.1. The molecule has 1 fully saturated rings. The molecule has 0 unspecified atom stereocenters. The monoisotopic (exact) mass is 220 g/mol. The summed E-state index contributed by atoms with van der Waals surface area (Å²) in [6, 6.07) is 5.43. The molecule has 0 spiro atoms. The summed E-state index contributed by atoms with van der Waals surface area (Å²) in [4.78, 5) is 15.9. The number of carbonyl (C=O) groups is 1. The largest absolute Gasteiger partial charge is 0.393 e. The fraction of sp³-hybridized carbons (Fsp3) is 0.500. The van der Waals surface area contributed by atoms with Crippen LogP contribution in [-0.2, 0) is 4.79 Å². The van der Waals surface area contributed by atoms with Crippen LogP contribution in [-0.4, -0.2) is 22.1 Å². The zero-order valence-electron chi connectivity index (χ0n) is 9.10. The maximum absolute atomic E-state index is 11.8. The molecule has 1 aromatic heterocycles. The summed E-state index contributed by atoms with van der Waals surface area (Å²) < 4.78 is 0. The highest BCUT2D eigenvalue weighted by atomic mass is 16.3.